The summed E-state index contributed by atoms with van der Waals surface area (Å²) in [7, 11) is 0. The normalized spacial score (nSPS) is 28.2. The first-order valence-corrected chi connectivity index (χ1v) is 6.70. The van der Waals surface area contributed by atoms with Crippen molar-refractivity contribution in [1.82, 2.24) is 15.5 Å². The van der Waals surface area contributed by atoms with Crippen molar-refractivity contribution in [2.45, 2.75) is 59.5 Å². The lowest BCUT2D eigenvalue weighted by Gasteiger charge is -2.39. The van der Waals surface area contributed by atoms with Crippen molar-refractivity contribution in [3.05, 3.63) is 17.5 Å². The largest absolute Gasteiger partial charge is 0.310 e. The summed E-state index contributed by atoms with van der Waals surface area (Å²) in [4.78, 5) is 0. The van der Waals surface area contributed by atoms with Crippen molar-refractivity contribution < 1.29 is 0 Å². The minimum Gasteiger partial charge on any atom is -0.310 e. The Kier molecular flexibility index (Phi) is 3.57. The third kappa shape index (κ3) is 3.09. The first kappa shape index (κ1) is 12.6. The van der Waals surface area contributed by atoms with E-state index < -0.39 is 0 Å². The molecule has 1 heterocycles. The number of aromatic amines is 1. The summed E-state index contributed by atoms with van der Waals surface area (Å²) in [6, 6.07) is 0.664. The quantitative estimate of drug-likeness (QED) is 0.845. The van der Waals surface area contributed by atoms with Crippen LogP contribution < -0.4 is 5.32 Å². The molecule has 2 atom stereocenters. The Morgan fingerprint density at radius 1 is 1.53 bits per heavy atom. The summed E-state index contributed by atoms with van der Waals surface area (Å²) in [5, 5.41) is 10.7. The minimum absolute atomic E-state index is 0.531. The molecule has 0 spiro atoms. The highest BCUT2D eigenvalue weighted by Crippen LogP contribution is 2.38. The minimum atomic E-state index is 0.531. The van der Waals surface area contributed by atoms with Crippen LogP contribution in [0.3, 0.4) is 0 Å². The zero-order chi connectivity index (χ0) is 12.5. The third-order valence-electron chi connectivity index (χ3n) is 4.18. The van der Waals surface area contributed by atoms with Crippen molar-refractivity contribution in [3.8, 4) is 0 Å². The predicted octanol–water partition coefficient (Wildman–Crippen LogP) is 3.02. The average molecular weight is 235 g/mol. The van der Waals surface area contributed by atoms with E-state index in [4.69, 9.17) is 0 Å². The van der Waals surface area contributed by atoms with Gasteiger partial charge in [0.25, 0.3) is 0 Å². The van der Waals surface area contributed by atoms with Gasteiger partial charge in [0.1, 0.15) is 0 Å². The molecule has 17 heavy (non-hydrogen) atoms. The molecule has 1 saturated carbocycles. The van der Waals surface area contributed by atoms with E-state index in [1.165, 1.54) is 30.5 Å². The van der Waals surface area contributed by atoms with E-state index >= 15 is 0 Å². The van der Waals surface area contributed by atoms with Gasteiger partial charge in [0.2, 0.25) is 0 Å². The van der Waals surface area contributed by atoms with Gasteiger partial charge >= 0.3 is 0 Å². The molecule has 3 heteroatoms. The first-order chi connectivity index (χ1) is 7.98. The fourth-order valence-electron chi connectivity index (χ4n) is 3.04. The molecule has 0 radical (unpaired) electrons. The van der Waals surface area contributed by atoms with Crippen molar-refractivity contribution >= 4 is 0 Å². The van der Waals surface area contributed by atoms with Crippen LogP contribution in [0.5, 0.6) is 0 Å². The molecule has 2 unspecified atom stereocenters. The molecule has 1 aromatic rings. The van der Waals surface area contributed by atoms with E-state index in [1.54, 1.807) is 0 Å². The van der Waals surface area contributed by atoms with Crippen LogP contribution in [-0.2, 0) is 6.54 Å². The van der Waals surface area contributed by atoms with E-state index in [-0.39, 0.29) is 0 Å². The molecule has 2 rings (SSSR count). The molecular weight excluding hydrogens is 210 g/mol. The zero-order valence-electron chi connectivity index (χ0n) is 11.5. The van der Waals surface area contributed by atoms with Gasteiger partial charge in [0, 0.05) is 23.8 Å². The summed E-state index contributed by atoms with van der Waals surface area (Å²) in [6.07, 6.45) is 5.89. The van der Waals surface area contributed by atoms with Gasteiger partial charge in [-0.05, 0) is 37.5 Å². The molecule has 0 amide bonds. The molecule has 1 aliphatic rings. The molecule has 1 aromatic heterocycles. The zero-order valence-corrected chi connectivity index (χ0v) is 11.5. The van der Waals surface area contributed by atoms with E-state index in [0.717, 1.165) is 12.5 Å². The number of nitrogens with one attached hydrogen (secondary N) is 2. The molecule has 0 aromatic carbocycles. The highest BCUT2D eigenvalue weighted by molar-refractivity contribution is 5.14. The SMILES string of the molecule is Cc1[nH]ncc1CNC1CCC(C)(C)CC1C. The lowest BCUT2D eigenvalue weighted by Crippen LogP contribution is -2.41. The number of aryl methyl sites for hydroxylation is 1. The topological polar surface area (TPSA) is 40.7 Å². The number of rotatable bonds is 3. The molecule has 96 valence electrons. The van der Waals surface area contributed by atoms with Crippen LogP contribution >= 0.6 is 0 Å². The van der Waals surface area contributed by atoms with Crippen LogP contribution in [0.25, 0.3) is 0 Å². The maximum absolute atomic E-state index is 4.06. The van der Waals surface area contributed by atoms with Crippen LogP contribution in [0.15, 0.2) is 6.20 Å². The van der Waals surface area contributed by atoms with E-state index in [1.807, 2.05) is 6.20 Å². The fourth-order valence-corrected chi connectivity index (χ4v) is 3.04. The second-order valence-electron chi connectivity index (χ2n) is 6.39. The van der Waals surface area contributed by atoms with Crippen LogP contribution in [0.1, 0.15) is 51.3 Å². The number of hydrogen-bond donors (Lipinski definition) is 2. The smallest absolute Gasteiger partial charge is 0.0535 e. The molecule has 1 fully saturated rings. The van der Waals surface area contributed by atoms with Crippen molar-refractivity contribution in [2.75, 3.05) is 0 Å². The summed E-state index contributed by atoms with van der Waals surface area (Å²) in [5.74, 6) is 0.769. The van der Waals surface area contributed by atoms with Crippen LogP contribution in [0, 0.1) is 18.3 Å². The number of aromatic nitrogens is 2. The standard InChI is InChI=1S/C14H25N3/c1-10-7-14(3,4)6-5-13(10)15-8-12-9-16-17-11(12)2/h9-10,13,15H,5-8H2,1-4H3,(H,16,17). The third-order valence-corrected chi connectivity index (χ3v) is 4.18. The average Bonchev–Trinajstić information content (AvgIpc) is 2.62. The van der Waals surface area contributed by atoms with Gasteiger partial charge in [-0.2, -0.15) is 5.10 Å². The highest BCUT2D eigenvalue weighted by atomic mass is 15.1. The van der Waals surface area contributed by atoms with Crippen LogP contribution in [-0.4, -0.2) is 16.2 Å². The van der Waals surface area contributed by atoms with Gasteiger partial charge in [0.15, 0.2) is 0 Å². The maximum atomic E-state index is 4.06. The van der Waals surface area contributed by atoms with Crippen LogP contribution in [0.2, 0.25) is 0 Å². The van der Waals surface area contributed by atoms with Crippen molar-refractivity contribution in [2.24, 2.45) is 11.3 Å². The van der Waals surface area contributed by atoms with E-state index in [9.17, 15) is 0 Å². The van der Waals surface area contributed by atoms with Gasteiger partial charge in [0.05, 0.1) is 6.20 Å². The van der Waals surface area contributed by atoms with Gasteiger partial charge in [-0.15, -0.1) is 0 Å². The summed E-state index contributed by atoms with van der Waals surface area (Å²) in [5.41, 5.74) is 3.01. The van der Waals surface area contributed by atoms with Gasteiger partial charge in [-0.25, -0.2) is 0 Å². The Bertz CT molecular complexity index is 367. The Morgan fingerprint density at radius 3 is 2.88 bits per heavy atom. The van der Waals surface area contributed by atoms with E-state index in [0.29, 0.717) is 11.5 Å². The number of H-pyrrole nitrogens is 1. The molecular formula is C14H25N3. The summed E-state index contributed by atoms with van der Waals surface area (Å²) >= 11 is 0. The molecule has 1 aliphatic carbocycles. The maximum Gasteiger partial charge on any atom is 0.0535 e. The van der Waals surface area contributed by atoms with Crippen LogP contribution in [0.4, 0.5) is 0 Å². The van der Waals surface area contributed by atoms with Gasteiger partial charge in [-0.3, -0.25) is 5.10 Å². The number of nitrogens with zero attached hydrogens (tertiary/aromatic N) is 1. The number of hydrogen-bond acceptors (Lipinski definition) is 2. The summed E-state index contributed by atoms with van der Waals surface area (Å²) < 4.78 is 0. The summed E-state index contributed by atoms with van der Waals surface area (Å²) in [6.45, 7) is 10.2. The molecule has 0 saturated heterocycles. The van der Waals surface area contributed by atoms with Crippen molar-refractivity contribution in [3.63, 3.8) is 0 Å². The molecule has 3 nitrogen and oxygen atoms in total. The van der Waals surface area contributed by atoms with Gasteiger partial charge in [-0.1, -0.05) is 20.8 Å². The Balaban J connectivity index is 1.86. The van der Waals surface area contributed by atoms with E-state index in [2.05, 4.69) is 43.2 Å². The Morgan fingerprint density at radius 2 is 2.29 bits per heavy atom. The molecule has 0 bridgehead atoms. The molecule has 2 N–H and O–H groups in total. The van der Waals surface area contributed by atoms with Crippen molar-refractivity contribution in [1.29, 1.82) is 0 Å². The second kappa shape index (κ2) is 4.81. The second-order valence-corrected chi connectivity index (χ2v) is 6.39. The first-order valence-electron chi connectivity index (χ1n) is 6.70. The van der Waals surface area contributed by atoms with Gasteiger partial charge < -0.3 is 5.32 Å². The Hall–Kier alpha value is -0.830. The lowest BCUT2D eigenvalue weighted by molar-refractivity contribution is 0.148. The highest BCUT2D eigenvalue weighted by Gasteiger charge is 2.31. The Labute approximate surface area is 104 Å². The lowest BCUT2D eigenvalue weighted by atomic mass is 9.70. The monoisotopic (exact) mass is 235 g/mol. The molecule has 0 aliphatic heterocycles. The fraction of sp³-hybridized carbons (Fsp3) is 0.786. The predicted molar refractivity (Wildman–Crippen MR) is 70.7 cm³/mol.